The highest BCUT2D eigenvalue weighted by atomic mass is 32.1. The number of nitrogens with zero attached hydrogens (tertiary/aromatic N) is 2. The molecule has 1 amide bonds. The minimum Gasteiger partial charge on any atom is -0.491 e. The van der Waals surface area contributed by atoms with Gasteiger partial charge in [-0.15, -0.1) is 11.3 Å². The molecule has 2 heterocycles. The van der Waals surface area contributed by atoms with Crippen LogP contribution in [-0.2, 0) is 11.2 Å². The number of halogens is 1. The van der Waals surface area contributed by atoms with Crippen molar-refractivity contribution < 1.29 is 19.0 Å². The standard InChI is InChI=1S/C23H31FN2O3S/c1-16(2)12-25(13-17(3)27)14-23(28)26-9-7-22-20(8-10-30-22)21(26)15-29-19-6-4-5-18(24)11-19/h4-6,8,10-11,16-17,21,27H,7,9,12-15H2,1-3H3/t17-,21+/m1/s1. The van der Waals surface area contributed by atoms with Crippen LogP contribution in [0, 0.1) is 11.7 Å². The van der Waals surface area contributed by atoms with E-state index in [1.807, 2.05) is 15.2 Å². The maximum Gasteiger partial charge on any atom is 0.237 e. The normalized spacial score (nSPS) is 17.3. The van der Waals surface area contributed by atoms with Gasteiger partial charge in [-0.1, -0.05) is 19.9 Å². The quantitative estimate of drug-likeness (QED) is 0.653. The Kier molecular flexibility index (Phi) is 7.86. The molecule has 2 atom stereocenters. The van der Waals surface area contributed by atoms with E-state index in [0.717, 1.165) is 18.5 Å². The van der Waals surface area contributed by atoms with Crippen molar-refractivity contribution in [1.82, 2.24) is 9.80 Å². The molecule has 0 saturated carbocycles. The number of carbonyl (C=O) groups is 1. The summed E-state index contributed by atoms with van der Waals surface area (Å²) in [5.74, 6) is 0.539. The van der Waals surface area contributed by atoms with E-state index < -0.39 is 6.10 Å². The number of benzene rings is 1. The molecule has 0 radical (unpaired) electrons. The Morgan fingerprint density at radius 1 is 1.33 bits per heavy atom. The van der Waals surface area contributed by atoms with E-state index in [1.54, 1.807) is 30.4 Å². The monoisotopic (exact) mass is 434 g/mol. The lowest BCUT2D eigenvalue weighted by atomic mass is 10.00. The second-order valence-electron chi connectivity index (χ2n) is 8.36. The van der Waals surface area contributed by atoms with Gasteiger partial charge in [-0.05, 0) is 48.4 Å². The van der Waals surface area contributed by atoms with Crippen LogP contribution >= 0.6 is 11.3 Å². The van der Waals surface area contributed by atoms with Crippen molar-refractivity contribution in [3.8, 4) is 5.75 Å². The molecular formula is C23H31FN2O3S. The van der Waals surface area contributed by atoms with Gasteiger partial charge in [-0.3, -0.25) is 9.69 Å². The first-order chi connectivity index (χ1) is 14.3. The van der Waals surface area contributed by atoms with Gasteiger partial charge in [0.05, 0.1) is 18.7 Å². The van der Waals surface area contributed by atoms with E-state index in [9.17, 15) is 14.3 Å². The lowest BCUT2D eigenvalue weighted by molar-refractivity contribution is -0.136. The highest BCUT2D eigenvalue weighted by Crippen LogP contribution is 2.34. The van der Waals surface area contributed by atoms with Crippen molar-refractivity contribution >= 4 is 17.2 Å². The molecule has 1 aromatic heterocycles. The largest absolute Gasteiger partial charge is 0.491 e. The molecule has 0 bridgehead atoms. The van der Waals surface area contributed by atoms with E-state index in [0.29, 0.717) is 24.8 Å². The molecule has 1 aromatic carbocycles. The van der Waals surface area contributed by atoms with Crippen molar-refractivity contribution in [3.63, 3.8) is 0 Å². The number of rotatable bonds is 9. The van der Waals surface area contributed by atoms with Crippen LogP contribution in [-0.4, -0.2) is 59.7 Å². The number of hydrogen-bond acceptors (Lipinski definition) is 5. The van der Waals surface area contributed by atoms with Gasteiger partial charge in [0, 0.05) is 30.6 Å². The highest BCUT2D eigenvalue weighted by Gasteiger charge is 2.33. The molecule has 1 aliphatic rings. The van der Waals surface area contributed by atoms with Crippen molar-refractivity contribution in [2.24, 2.45) is 5.92 Å². The average Bonchev–Trinajstić information content (AvgIpc) is 3.14. The number of aliphatic hydroxyl groups is 1. The van der Waals surface area contributed by atoms with Crippen LogP contribution in [0.15, 0.2) is 35.7 Å². The summed E-state index contributed by atoms with van der Waals surface area (Å²) >= 11 is 1.70. The minimum atomic E-state index is -0.492. The second-order valence-corrected chi connectivity index (χ2v) is 9.36. The number of hydrogen-bond donors (Lipinski definition) is 1. The number of fused-ring (bicyclic) bond motifs is 1. The number of ether oxygens (including phenoxy) is 1. The molecule has 0 unspecified atom stereocenters. The van der Waals surface area contributed by atoms with Crippen molar-refractivity contribution in [2.45, 2.75) is 39.3 Å². The number of thiophene rings is 1. The SMILES string of the molecule is CC(C)CN(CC(=O)N1CCc2sccc2[C@@H]1COc1cccc(F)c1)C[C@@H](C)O. The van der Waals surface area contributed by atoms with Gasteiger partial charge in [0.2, 0.25) is 5.91 Å². The zero-order valence-electron chi connectivity index (χ0n) is 17.9. The van der Waals surface area contributed by atoms with Crippen LogP contribution in [0.5, 0.6) is 5.75 Å². The van der Waals surface area contributed by atoms with Gasteiger partial charge >= 0.3 is 0 Å². The molecule has 2 aromatic rings. The molecule has 1 aliphatic heterocycles. The van der Waals surface area contributed by atoms with Crippen molar-refractivity contribution in [1.29, 1.82) is 0 Å². The first kappa shape index (κ1) is 22.7. The molecule has 3 rings (SSSR count). The van der Waals surface area contributed by atoms with Crippen LogP contribution in [0.3, 0.4) is 0 Å². The Labute approximate surface area is 182 Å². The average molecular weight is 435 g/mol. The van der Waals surface area contributed by atoms with E-state index >= 15 is 0 Å². The lowest BCUT2D eigenvalue weighted by Crippen LogP contribution is -2.48. The molecule has 0 aliphatic carbocycles. The third-order valence-electron chi connectivity index (χ3n) is 5.12. The highest BCUT2D eigenvalue weighted by molar-refractivity contribution is 7.10. The van der Waals surface area contributed by atoms with Gasteiger partial charge < -0.3 is 14.7 Å². The van der Waals surface area contributed by atoms with Gasteiger partial charge in [0.1, 0.15) is 18.2 Å². The minimum absolute atomic E-state index is 0.0287. The molecule has 30 heavy (non-hydrogen) atoms. The predicted octanol–water partition coefficient (Wildman–Crippen LogP) is 3.73. The Bertz CT molecular complexity index is 829. The third kappa shape index (κ3) is 6.03. The maximum absolute atomic E-state index is 13.5. The first-order valence-corrected chi connectivity index (χ1v) is 11.4. The number of aliphatic hydroxyl groups excluding tert-OH is 1. The Morgan fingerprint density at radius 2 is 2.13 bits per heavy atom. The number of carbonyl (C=O) groups excluding carboxylic acids is 1. The van der Waals surface area contributed by atoms with Crippen LogP contribution in [0.1, 0.15) is 37.3 Å². The Balaban J connectivity index is 1.74. The van der Waals surface area contributed by atoms with Crippen molar-refractivity contribution in [3.05, 3.63) is 52.0 Å². The predicted molar refractivity (Wildman–Crippen MR) is 117 cm³/mol. The molecule has 1 N–H and O–H groups in total. The van der Waals surface area contributed by atoms with Gasteiger partial charge in [0.25, 0.3) is 0 Å². The first-order valence-electron chi connectivity index (χ1n) is 10.5. The van der Waals surface area contributed by atoms with Crippen LogP contribution in [0.25, 0.3) is 0 Å². The van der Waals surface area contributed by atoms with Crippen LogP contribution in [0.2, 0.25) is 0 Å². The van der Waals surface area contributed by atoms with Crippen LogP contribution in [0.4, 0.5) is 4.39 Å². The summed E-state index contributed by atoms with van der Waals surface area (Å²) in [7, 11) is 0. The summed E-state index contributed by atoms with van der Waals surface area (Å²) in [6.07, 6.45) is 0.337. The zero-order chi connectivity index (χ0) is 21.7. The smallest absolute Gasteiger partial charge is 0.237 e. The summed E-state index contributed by atoms with van der Waals surface area (Å²) in [4.78, 5) is 18.4. The summed E-state index contributed by atoms with van der Waals surface area (Å²) in [6, 6.07) is 7.93. The molecule has 5 nitrogen and oxygen atoms in total. The zero-order valence-corrected chi connectivity index (χ0v) is 18.7. The summed E-state index contributed by atoms with van der Waals surface area (Å²) in [6.45, 7) is 8.34. The second kappa shape index (κ2) is 10.4. The number of amides is 1. The Morgan fingerprint density at radius 3 is 2.83 bits per heavy atom. The van der Waals surface area contributed by atoms with E-state index in [-0.39, 0.29) is 30.9 Å². The summed E-state index contributed by atoms with van der Waals surface area (Å²) < 4.78 is 19.4. The topological polar surface area (TPSA) is 53.0 Å². The summed E-state index contributed by atoms with van der Waals surface area (Å²) in [5, 5.41) is 11.9. The van der Waals surface area contributed by atoms with Crippen LogP contribution < -0.4 is 4.74 Å². The van der Waals surface area contributed by atoms with Gasteiger partial charge in [-0.25, -0.2) is 4.39 Å². The maximum atomic E-state index is 13.5. The van der Waals surface area contributed by atoms with E-state index in [1.165, 1.54) is 17.0 Å². The summed E-state index contributed by atoms with van der Waals surface area (Å²) in [5.41, 5.74) is 1.11. The molecule has 164 valence electrons. The van der Waals surface area contributed by atoms with E-state index in [2.05, 4.69) is 19.9 Å². The van der Waals surface area contributed by atoms with E-state index in [4.69, 9.17) is 4.74 Å². The van der Waals surface area contributed by atoms with Crippen molar-refractivity contribution in [2.75, 3.05) is 32.8 Å². The Hall–Kier alpha value is -1.96. The fourth-order valence-corrected chi connectivity index (χ4v) is 4.91. The fourth-order valence-electron chi connectivity index (χ4n) is 3.98. The third-order valence-corrected chi connectivity index (χ3v) is 6.12. The molecule has 0 fully saturated rings. The molecule has 0 saturated heterocycles. The molecular weight excluding hydrogens is 403 g/mol. The molecule has 0 spiro atoms. The fraction of sp³-hybridized carbons (Fsp3) is 0.522. The molecule has 7 heteroatoms. The van der Waals surface area contributed by atoms with Gasteiger partial charge in [0.15, 0.2) is 0 Å². The lowest BCUT2D eigenvalue weighted by Gasteiger charge is -2.37. The van der Waals surface area contributed by atoms with Gasteiger partial charge in [-0.2, -0.15) is 0 Å².